The second kappa shape index (κ2) is 4.71. The molecule has 0 aliphatic heterocycles. The number of nitrogens with zero attached hydrogens (tertiary/aromatic N) is 1. The van der Waals surface area contributed by atoms with Gasteiger partial charge >= 0.3 is 5.69 Å². The summed E-state index contributed by atoms with van der Waals surface area (Å²) >= 11 is 1.33. The van der Waals surface area contributed by atoms with E-state index in [9.17, 15) is 19.6 Å². The predicted molar refractivity (Wildman–Crippen MR) is 65.1 cm³/mol. The van der Waals surface area contributed by atoms with Crippen LogP contribution >= 0.6 is 11.3 Å². The number of benzene rings is 1. The SMILES string of the molecule is N[C@@H](c1cccs1)c1cc(F)cc([N+](=O)[O-])c1O. The van der Waals surface area contributed by atoms with E-state index < -0.39 is 28.2 Å². The van der Waals surface area contributed by atoms with Crippen molar-refractivity contribution in [2.75, 3.05) is 0 Å². The zero-order valence-electron chi connectivity index (χ0n) is 9.04. The number of phenols is 1. The van der Waals surface area contributed by atoms with Gasteiger partial charge in [0, 0.05) is 10.4 Å². The van der Waals surface area contributed by atoms with Crippen molar-refractivity contribution >= 4 is 17.0 Å². The molecule has 1 aromatic carbocycles. The molecule has 94 valence electrons. The van der Waals surface area contributed by atoms with Crippen LogP contribution in [0.3, 0.4) is 0 Å². The fourth-order valence-electron chi connectivity index (χ4n) is 1.60. The van der Waals surface area contributed by atoms with E-state index in [1.165, 1.54) is 11.3 Å². The van der Waals surface area contributed by atoms with Crippen LogP contribution in [-0.4, -0.2) is 10.0 Å². The molecule has 5 nitrogen and oxygen atoms in total. The third-order valence-electron chi connectivity index (χ3n) is 2.47. The largest absolute Gasteiger partial charge is 0.502 e. The van der Waals surface area contributed by atoms with Crippen molar-refractivity contribution in [3.8, 4) is 5.75 Å². The van der Waals surface area contributed by atoms with Crippen molar-refractivity contribution in [2.24, 2.45) is 5.73 Å². The second-order valence-electron chi connectivity index (χ2n) is 3.61. The van der Waals surface area contributed by atoms with Crippen molar-refractivity contribution < 1.29 is 14.4 Å². The van der Waals surface area contributed by atoms with E-state index in [4.69, 9.17) is 5.73 Å². The topological polar surface area (TPSA) is 89.4 Å². The Morgan fingerprint density at radius 1 is 1.50 bits per heavy atom. The number of nitro groups is 1. The third kappa shape index (κ3) is 2.18. The minimum Gasteiger partial charge on any atom is -0.502 e. The molecule has 0 aliphatic carbocycles. The molecule has 1 heterocycles. The number of nitro benzene ring substituents is 1. The number of thiophene rings is 1. The highest BCUT2D eigenvalue weighted by Gasteiger charge is 2.24. The minimum atomic E-state index is -0.844. The van der Waals surface area contributed by atoms with Gasteiger partial charge in [-0.1, -0.05) is 6.07 Å². The first kappa shape index (κ1) is 12.5. The van der Waals surface area contributed by atoms with Crippen LogP contribution in [0.4, 0.5) is 10.1 Å². The zero-order valence-corrected chi connectivity index (χ0v) is 9.86. The number of nitrogens with two attached hydrogens (primary N) is 1. The van der Waals surface area contributed by atoms with Gasteiger partial charge in [-0.2, -0.15) is 0 Å². The summed E-state index contributed by atoms with van der Waals surface area (Å²) in [4.78, 5) is 10.5. The molecule has 2 aromatic rings. The average molecular weight is 268 g/mol. The van der Waals surface area contributed by atoms with Crippen LogP contribution in [0.5, 0.6) is 5.75 Å². The first-order valence-corrected chi connectivity index (χ1v) is 5.84. The lowest BCUT2D eigenvalue weighted by Crippen LogP contribution is -2.11. The summed E-state index contributed by atoms with van der Waals surface area (Å²) in [6, 6.07) is 4.35. The Kier molecular flexibility index (Phi) is 3.26. The summed E-state index contributed by atoms with van der Waals surface area (Å²) in [5.41, 5.74) is 5.18. The molecule has 2 rings (SSSR count). The summed E-state index contributed by atoms with van der Waals surface area (Å²) in [7, 11) is 0. The Balaban J connectivity index is 2.54. The van der Waals surface area contributed by atoms with Crippen LogP contribution in [0.1, 0.15) is 16.5 Å². The highest BCUT2D eigenvalue weighted by Crippen LogP contribution is 2.36. The number of hydrogen-bond donors (Lipinski definition) is 2. The Hall–Kier alpha value is -1.99. The lowest BCUT2D eigenvalue weighted by Gasteiger charge is -2.12. The quantitative estimate of drug-likeness (QED) is 0.661. The predicted octanol–water partition coefficient (Wildman–Crippen LogP) is 2.55. The molecule has 0 saturated carbocycles. The van der Waals surface area contributed by atoms with Crippen molar-refractivity contribution in [1.29, 1.82) is 0 Å². The van der Waals surface area contributed by atoms with Gasteiger partial charge in [-0.25, -0.2) is 4.39 Å². The normalized spacial score (nSPS) is 12.3. The molecule has 1 atom stereocenters. The minimum absolute atomic E-state index is 0.00384. The van der Waals surface area contributed by atoms with Crippen molar-refractivity contribution in [2.45, 2.75) is 6.04 Å². The molecule has 1 aromatic heterocycles. The first-order valence-electron chi connectivity index (χ1n) is 4.96. The van der Waals surface area contributed by atoms with Crippen molar-refractivity contribution in [3.05, 3.63) is 56.0 Å². The Bertz CT molecular complexity index is 586. The van der Waals surface area contributed by atoms with Gasteiger partial charge in [0.15, 0.2) is 5.75 Å². The lowest BCUT2D eigenvalue weighted by atomic mass is 10.0. The lowest BCUT2D eigenvalue weighted by molar-refractivity contribution is -0.386. The van der Waals surface area contributed by atoms with E-state index >= 15 is 0 Å². The number of phenolic OH excluding ortho intramolecular Hbond substituents is 1. The Labute approximate surface area is 105 Å². The van der Waals surface area contributed by atoms with E-state index in [2.05, 4.69) is 0 Å². The number of hydrogen-bond acceptors (Lipinski definition) is 5. The van der Waals surface area contributed by atoms with Gasteiger partial charge in [0.2, 0.25) is 0 Å². The summed E-state index contributed by atoms with van der Waals surface area (Å²) < 4.78 is 13.3. The van der Waals surface area contributed by atoms with E-state index in [1.54, 1.807) is 17.5 Å². The van der Waals surface area contributed by atoms with Crippen LogP contribution in [-0.2, 0) is 0 Å². The molecule has 0 amide bonds. The summed E-state index contributed by atoms with van der Waals surface area (Å²) in [6.07, 6.45) is 0. The second-order valence-corrected chi connectivity index (χ2v) is 4.59. The molecule has 7 heteroatoms. The van der Waals surface area contributed by atoms with E-state index in [0.717, 1.165) is 6.07 Å². The highest BCUT2D eigenvalue weighted by molar-refractivity contribution is 7.10. The van der Waals surface area contributed by atoms with E-state index in [0.29, 0.717) is 10.9 Å². The van der Waals surface area contributed by atoms with Crippen LogP contribution in [0, 0.1) is 15.9 Å². The fraction of sp³-hybridized carbons (Fsp3) is 0.0909. The Morgan fingerprint density at radius 2 is 2.22 bits per heavy atom. The van der Waals surface area contributed by atoms with Crippen LogP contribution < -0.4 is 5.73 Å². The van der Waals surface area contributed by atoms with Gasteiger partial charge in [-0.05, 0) is 17.5 Å². The molecule has 0 aliphatic rings. The van der Waals surface area contributed by atoms with Crippen LogP contribution in [0.25, 0.3) is 0 Å². The standard InChI is InChI=1S/C11H9FN2O3S/c12-6-4-7(10(13)9-2-1-3-18-9)11(15)8(5-6)14(16)17/h1-5,10,15H,13H2/t10-/m1/s1. The molecule has 0 unspecified atom stereocenters. The van der Waals surface area contributed by atoms with Gasteiger partial charge < -0.3 is 10.8 Å². The van der Waals surface area contributed by atoms with Gasteiger partial charge in [-0.3, -0.25) is 10.1 Å². The van der Waals surface area contributed by atoms with Gasteiger partial charge in [0.25, 0.3) is 0 Å². The van der Waals surface area contributed by atoms with E-state index in [-0.39, 0.29) is 5.56 Å². The number of aromatic hydroxyl groups is 1. The molecule has 0 fully saturated rings. The average Bonchev–Trinajstić information content (AvgIpc) is 2.84. The van der Waals surface area contributed by atoms with E-state index in [1.807, 2.05) is 0 Å². The number of rotatable bonds is 3. The van der Waals surface area contributed by atoms with Crippen LogP contribution in [0.15, 0.2) is 29.6 Å². The highest BCUT2D eigenvalue weighted by atomic mass is 32.1. The molecule has 3 N–H and O–H groups in total. The number of halogens is 1. The molecule has 0 spiro atoms. The maximum absolute atomic E-state index is 13.3. The molecular formula is C11H9FN2O3S. The monoisotopic (exact) mass is 268 g/mol. The maximum Gasteiger partial charge on any atom is 0.313 e. The van der Waals surface area contributed by atoms with Gasteiger partial charge in [-0.15, -0.1) is 11.3 Å². The molecule has 0 bridgehead atoms. The fourth-order valence-corrected chi connectivity index (χ4v) is 2.35. The van der Waals surface area contributed by atoms with Crippen LogP contribution in [0.2, 0.25) is 0 Å². The Morgan fingerprint density at radius 3 is 2.78 bits per heavy atom. The zero-order chi connectivity index (χ0) is 13.3. The maximum atomic E-state index is 13.3. The van der Waals surface area contributed by atoms with Gasteiger partial charge in [0.05, 0.1) is 17.0 Å². The van der Waals surface area contributed by atoms with Gasteiger partial charge in [0.1, 0.15) is 5.82 Å². The summed E-state index contributed by atoms with van der Waals surface area (Å²) in [5, 5.41) is 22.2. The molecule has 18 heavy (non-hydrogen) atoms. The first-order chi connectivity index (χ1) is 8.50. The molecule has 0 saturated heterocycles. The van der Waals surface area contributed by atoms with Crippen molar-refractivity contribution in [1.82, 2.24) is 0 Å². The third-order valence-corrected chi connectivity index (χ3v) is 3.42. The molecular weight excluding hydrogens is 259 g/mol. The van der Waals surface area contributed by atoms with Crippen molar-refractivity contribution in [3.63, 3.8) is 0 Å². The summed E-state index contributed by atoms with van der Waals surface area (Å²) in [5.74, 6) is -1.40. The molecule has 0 radical (unpaired) electrons. The smallest absolute Gasteiger partial charge is 0.313 e. The summed E-state index contributed by atoms with van der Waals surface area (Å²) in [6.45, 7) is 0.